The molecule has 0 amide bonds. The van der Waals surface area contributed by atoms with Crippen LogP contribution in [0.4, 0.5) is 5.69 Å². The van der Waals surface area contributed by atoms with Crippen molar-refractivity contribution in [2.75, 3.05) is 6.54 Å². The molecule has 0 aliphatic carbocycles. The summed E-state index contributed by atoms with van der Waals surface area (Å²) in [4.78, 5) is 15.8. The topological polar surface area (TPSA) is 60.4 Å². The Bertz CT molecular complexity index is 743. The summed E-state index contributed by atoms with van der Waals surface area (Å²) in [5.41, 5.74) is 1.77. The van der Waals surface area contributed by atoms with Crippen molar-refractivity contribution in [2.45, 2.75) is 6.54 Å². The molecule has 0 saturated carbocycles. The largest absolute Gasteiger partial charge is 0.313 e. The van der Waals surface area contributed by atoms with Crippen molar-refractivity contribution in [1.82, 2.24) is 4.57 Å². The van der Waals surface area contributed by atoms with Gasteiger partial charge in [-0.3, -0.25) is 15.1 Å². The zero-order valence-corrected chi connectivity index (χ0v) is 12.3. The van der Waals surface area contributed by atoms with Crippen LogP contribution in [-0.4, -0.2) is 16.0 Å². The quantitative estimate of drug-likeness (QED) is 0.466. The van der Waals surface area contributed by atoms with Gasteiger partial charge < -0.3 is 4.57 Å². The second kappa shape index (κ2) is 6.81. The lowest BCUT2D eigenvalue weighted by molar-refractivity contribution is -0.384. The lowest BCUT2D eigenvalue weighted by Gasteiger charge is -2.06. The first-order valence-corrected chi connectivity index (χ1v) is 7.20. The van der Waals surface area contributed by atoms with E-state index in [1.807, 2.05) is 16.0 Å². The van der Waals surface area contributed by atoms with Gasteiger partial charge in [-0.15, -0.1) is 24.5 Å². The van der Waals surface area contributed by atoms with Gasteiger partial charge in [-0.2, -0.15) is 0 Å². The fraction of sp³-hybridized carbons (Fsp3) is 0.133. The molecule has 1 aromatic carbocycles. The zero-order chi connectivity index (χ0) is 15.2. The van der Waals surface area contributed by atoms with E-state index in [0.29, 0.717) is 13.1 Å². The van der Waals surface area contributed by atoms with E-state index in [0.717, 1.165) is 16.1 Å². The fourth-order valence-corrected chi connectivity index (χ4v) is 2.84. The zero-order valence-electron chi connectivity index (χ0n) is 11.4. The minimum absolute atomic E-state index is 0.0773. The van der Waals surface area contributed by atoms with Gasteiger partial charge in [-0.05, 0) is 0 Å². The molecule has 1 aromatic heterocycles. The van der Waals surface area contributed by atoms with E-state index < -0.39 is 4.92 Å². The van der Waals surface area contributed by atoms with Crippen LogP contribution in [0.1, 0.15) is 0 Å². The number of benzene rings is 1. The molecule has 21 heavy (non-hydrogen) atoms. The van der Waals surface area contributed by atoms with Gasteiger partial charge >= 0.3 is 0 Å². The number of allylic oxidation sites excluding steroid dienone is 1. The van der Waals surface area contributed by atoms with Gasteiger partial charge in [0.15, 0.2) is 4.80 Å². The highest BCUT2D eigenvalue weighted by molar-refractivity contribution is 7.07. The number of hydrogen-bond donors (Lipinski definition) is 0. The average Bonchev–Trinajstić information content (AvgIpc) is 2.88. The predicted octanol–water partition coefficient (Wildman–Crippen LogP) is 3.40. The summed E-state index contributed by atoms with van der Waals surface area (Å²) >= 11 is 1.50. The lowest BCUT2D eigenvalue weighted by Crippen LogP contribution is -2.15. The molecule has 0 saturated heterocycles. The van der Waals surface area contributed by atoms with Crippen LogP contribution in [-0.2, 0) is 6.54 Å². The van der Waals surface area contributed by atoms with Crippen molar-refractivity contribution in [3.05, 3.63) is 69.9 Å². The summed E-state index contributed by atoms with van der Waals surface area (Å²) in [6.45, 7) is 8.53. The highest BCUT2D eigenvalue weighted by atomic mass is 32.1. The van der Waals surface area contributed by atoms with E-state index in [1.165, 1.54) is 17.4 Å². The van der Waals surface area contributed by atoms with Crippen LogP contribution in [0.15, 0.2) is 59.9 Å². The van der Waals surface area contributed by atoms with Gasteiger partial charge in [0.1, 0.15) is 0 Å². The van der Waals surface area contributed by atoms with Crippen LogP contribution in [0.25, 0.3) is 11.3 Å². The van der Waals surface area contributed by atoms with E-state index in [2.05, 4.69) is 18.2 Å². The van der Waals surface area contributed by atoms with Gasteiger partial charge in [0.05, 0.1) is 17.2 Å². The van der Waals surface area contributed by atoms with Crippen LogP contribution < -0.4 is 4.80 Å². The number of nitro groups is 1. The van der Waals surface area contributed by atoms with Crippen molar-refractivity contribution in [1.29, 1.82) is 0 Å². The van der Waals surface area contributed by atoms with Crippen LogP contribution in [0.2, 0.25) is 0 Å². The van der Waals surface area contributed by atoms with E-state index in [-0.39, 0.29) is 5.69 Å². The maximum atomic E-state index is 10.9. The molecule has 0 radical (unpaired) electrons. The summed E-state index contributed by atoms with van der Waals surface area (Å²) in [6, 6.07) is 6.59. The van der Waals surface area contributed by atoms with Crippen molar-refractivity contribution in [3.63, 3.8) is 0 Å². The van der Waals surface area contributed by atoms with Crippen molar-refractivity contribution in [2.24, 2.45) is 4.99 Å². The lowest BCUT2D eigenvalue weighted by atomic mass is 10.1. The third-order valence-corrected chi connectivity index (χ3v) is 3.72. The molecule has 0 unspecified atom stereocenters. The molecule has 1 heterocycles. The second-order valence-electron chi connectivity index (χ2n) is 4.24. The summed E-state index contributed by atoms with van der Waals surface area (Å²) in [5, 5.41) is 12.8. The Kier molecular flexibility index (Phi) is 4.84. The first-order valence-electron chi connectivity index (χ1n) is 6.32. The normalized spacial score (nSPS) is 11.3. The summed E-state index contributed by atoms with van der Waals surface area (Å²) in [5.74, 6) is 0. The van der Waals surface area contributed by atoms with Gasteiger partial charge in [-0.1, -0.05) is 24.3 Å². The molecule has 0 fully saturated rings. The van der Waals surface area contributed by atoms with E-state index >= 15 is 0 Å². The summed E-state index contributed by atoms with van der Waals surface area (Å²) < 4.78 is 1.99. The molecule has 0 aliphatic rings. The van der Waals surface area contributed by atoms with Crippen LogP contribution in [0.5, 0.6) is 0 Å². The maximum Gasteiger partial charge on any atom is 0.270 e. The summed E-state index contributed by atoms with van der Waals surface area (Å²) in [6.07, 6.45) is 3.51. The summed E-state index contributed by atoms with van der Waals surface area (Å²) in [7, 11) is 0. The Labute approximate surface area is 126 Å². The fourth-order valence-electron chi connectivity index (χ4n) is 1.91. The van der Waals surface area contributed by atoms with E-state index in [9.17, 15) is 10.1 Å². The van der Waals surface area contributed by atoms with Gasteiger partial charge in [0, 0.05) is 29.6 Å². The van der Waals surface area contributed by atoms with Crippen molar-refractivity contribution >= 4 is 17.0 Å². The average molecular weight is 301 g/mol. The number of non-ortho nitro benzene ring substituents is 1. The molecule has 2 rings (SSSR count). The second-order valence-corrected chi connectivity index (χ2v) is 5.08. The van der Waals surface area contributed by atoms with Crippen LogP contribution in [0.3, 0.4) is 0 Å². The standard InChI is InChI=1S/C15H15N3O2S/c1-3-8-16-15-17(9-4-2)14(11-21-15)12-6-5-7-13(10-12)18(19)20/h3-7,10-11H,1-2,8-9H2. The first-order chi connectivity index (χ1) is 10.2. The number of hydrogen-bond acceptors (Lipinski definition) is 4. The number of aromatic nitrogens is 1. The van der Waals surface area contributed by atoms with E-state index in [4.69, 9.17) is 0 Å². The number of nitrogens with zero attached hydrogens (tertiary/aromatic N) is 3. The molecular formula is C15H15N3O2S. The first kappa shape index (κ1) is 14.9. The van der Waals surface area contributed by atoms with Crippen molar-refractivity contribution < 1.29 is 4.92 Å². The molecule has 2 aromatic rings. The molecule has 0 aliphatic heterocycles. The Morgan fingerprint density at radius 3 is 2.86 bits per heavy atom. The third kappa shape index (κ3) is 3.35. The minimum Gasteiger partial charge on any atom is -0.313 e. The molecule has 0 N–H and O–H groups in total. The molecular weight excluding hydrogens is 286 g/mol. The Morgan fingerprint density at radius 2 is 2.19 bits per heavy atom. The minimum atomic E-state index is -0.392. The van der Waals surface area contributed by atoms with Gasteiger partial charge in [-0.25, -0.2) is 0 Å². The molecule has 108 valence electrons. The number of rotatable bonds is 6. The Balaban J connectivity index is 2.55. The van der Waals surface area contributed by atoms with Gasteiger partial charge in [0.25, 0.3) is 5.69 Å². The predicted molar refractivity (Wildman–Crippen MR) is 85.2 cm³/mol. The number of nitro benzene ring substituents is 1. The Hall–Kier alpha value is -2.47. The highest BCUT2D eigenvalue weighted by Gasteiger charge is 2.11. The third-order valence-electron chi connectivity index (χ3n) is 2.82. The maximum absolute atomic E-state index is 10.9. The highest BCUT2D eigenvalue weighted by Crippen LogP contribution is 2.24. The SMILES string of the molecule is C=CCN=c1scc(-c2cccc([N+](=O)[O-])c2)n1CC=C. The van der Waals surface area contributed by atoms with Crippen LogP contribution in [0, 0.1) is 10.1 Å². The van der Waals surface area contributed by atoms with Gasteiger partial charge in [0.2, 0.25) is 0 Å². The smallest absolute Gasteiger partial charge is 0.270 e. The van der Waals surface area contributed by atoms with Crippen molar-refractivity contribution in [3.8, 4) is 11.3 Å². The van der Waals surface area contributed by atoms with Crippen LogP contribution >= 0.6 is 11.3 Å². The van der Waals surface area contributed by atoms with E-state index in [1.54, 1.807) is 24.3 Å². The molecule has 6 heteroatoms. The number of thiazole rings is 1. The molecule has 0 bridgehead atoms. The molecule has 0 atom stereocenters. The monoisotopic (exact) mass is 301 g/mol. The molecule has 0 spiro atoms. The Morgan fingerprint density at radius 1 is 1.38 bits per heavy atom. The molecule has 5 nitrogen and oxygen atoms in total.